The first-order valence-electron chi connectivity index (χ1n) is 6.39. The van der Waals surface area contributed by atoms with E-state index >= 15 is 0 Å². The summed E-state index contributed by atoms with van der Waals surface area (Å²) in [6, 6.07) is 7.34. The number of alkyl halides is 1. The number of ether oxygens (including phenoxy) is 2. The zero-order valence-corrected chi connectivity index (χ0v) is 11.8. The number of halogens is 1. The Morgan fingerprint density at radius 3 is 2.79 bits per heavy atom. The molecule has 5 heteroatoms. The summed E-state index contributed by atoms with van der Waals surface area (Å²) < 4.78 is 11.1. The van der Waals surface area contributed by atoms with Gasteiger partial charge in [-0.3, -0.25) is 4.79 Å². The van der Waals surface area contributed by atoms with Gasteiger partial charge in [-0.05, 0) is 32.4 Å². The van der Waals surface area contributed by atoms with Crippen LogP contribution in [0.5, 0.6) is 11.5 Å². The van der Waals surface area contributed by atoms with E-state index in [1.54, 1.807) is 6.07 Å². The van der Waals surface area contributed by atoms with Crippen molar-refractivity contribution in [3.05, 3.63) is 24.3 Å². The number of fused-ring (bicyclic) bond motifs is 1. The topological polar surface area (TPSA) is 47.6 Å². The Morgan fingerprint density at radius 1 is 1.42 bits per heavy atom. The van der Waals surface area contributed by atoms with Crippen molar-refractivity contribution in [2.75, 3.05) is 6.61 Å². The van der Waals surface area contributed by atoms with E-state index in [0.29, 0.717) is 11.5 Å². The number of benzene rings is 1. The fraction of sp³-hybridized carbons (Fsp3) is 0.500. The molecule has 1 N–H and O–H groups in total. The largest absolute Gasteiger partial charge is 0.485 e. The van der Waals surface area contributed by atoms with Crippen LogP contribution in [0.3, 0.4) is 0 Å². The number of amides is 1. The highest BCUT2D eigenvalue weighted by Gasteiger charge is 2.28. The highest BCUT2D eigenvalue weighted by Crippen LogP contribution is 2.30. The van der Waals surface area contributed by atoms with Gasteiger partial charge in [-0.1, -0.05) is 12.1 Å². The van der Waals surface area contributed by atoms with E-state index < -0.39 is 6.10 Å². The predicted octanol–water partition coefficient (Wildman–Crippen LogP) is 2.35. The minimum atomic E-state index is -0.608. The number of nitrogens with one attached hydrogen (secondary N) is 1. The van der Waals surface area contributed by atoms with Crippen LogP contribution < -0.4 is 14.8 Å². The second kappa shape index (κ2) is 6.15. The molecule has 1 aromatic rings. The van der Waals surface area contributed by atoms with Crippen molar-refractivity contribution in [3.8, 4) is 11.5 Å². The highest BCUT2D eigenvalue weighted by atomic mass is 35.5. The molecule has 0 saturated carbocycles. The van der Waals surface area contributed by atoms with Gasteiger partial charge in [0.2, 0.25) is 6.10 Å². The summed E-state index contributed by atoms with van der Waals surface area (Å²) in [5.74, 6) is 1.11. The first kappa shape index (κ1) is 14.0. The van der Waals surface area contributed by atoms with E-state index in [1.165, 1.54) is 0 Å². The molecule has 1 heterocycles. The lowest BCUT2D eigenvalue weighted by molar-refractivity contribution is -0.131. The average molecular weight is 284 g/mol. The summed E-state index contributed by atoms with van der Waals surface area (Å²) in [5.41, 5.74) is 0. The Bertz CT molecular complexity index is 450. The molecule has 2 rings (SSSR count). The lowest BCUT2D eigenvalue weighted by Gasteiger charge is -2.27. The number of carbonyl (C=O) groups excluding carboxylic acids is 1. The van der Waals surface area contributed by atoms with Crippen molar-refractivity contribution in [1.82, 2.24) is 5.32 Å². The number of hydrogen-bond acceptors (Lipinski definition) is 3. The minimum absolute atomic E-state index is 0.0146. The highest BCUT2D eigenvalue weighted by molar-refractivity contribution is 6.20. The lowest BCUT2D eigenvalue weighted by atomic mass is 10.2. The molecule has 1 amide bonds. The van der Waals surface area contributed by atoms with E-state index in [0.717, 1.165) is 6.42 Å². The number of carbonyl (C=O) groups is 1. The van der Waals surface area contributed by atoms with Crippen LogP contribution in [0, 0.1) is 0 Å². The Hall–Kier alpha value is -1.42. The maximum Gasteiger partial charge on any atom is 0.264 e. The molecule has 0 aliphatic carbocycles. The minimum Gasteiger partial charge on any atom is -0.485 e. The third-order valence-corrected chi connectivity index (χ3v) is 3.05. The molecule has 4 nitrogen and oxygen atoms in total. The molecule has 0 saturated heterocycles. The third kappa shape index (κ3) is 3.77. The SMILES string of the molecule is CC(Cl)CC(C)NC(=O)C1COc2ccccc2O1. The summed E-state index contributed by atoms with van der Waals surface area (Å²) >= 11 is 5.90. The molecule has 1 aromatic carbocycles. The first-order valence-corrected chi connectivity index (χ1v) is 6.83. The van der Waals surface area contributed by atoms with Crippen LogP contribution in [-0.2, 0) is 4.79 Å². The molecule has 0 bridgehead atoms. The van der Waals surface area contributed by atoms with Gasteiger partial charge in [-0.25, -0.2) is 0 Å². The molecule has 0 aromatic heterocycles. The van der Waals surface area contributed by atoms with Gasteiger partial charge in [0.05, 0.1) is 0 Å². The monoisotopic (exact) mass is 283 g/mol. The maximum atomic E-state index is 12.0. The predicted molar refractivity (Wildman–Crippen MR) is 73.9 cm³/mol. The number of rotatable bonds is 4. The summed E-state index contributed by atoms with van der Waals surface area (Å²) in [5, 5.41) is 2.91. The van der Waals surface area contributed by atoms with Crippen LogP contribution in [0.1, 0.15) is 20.3 Å². The van der Waals surface area contributed by atoms with Gasteiger partial charge in [-0.15, -0.1) is 11.6 Å². The zero-order chi connectivity index (χ0) is 13.8. The van der Waals surface area contributed by atoms with Crippen molar-refractivity contribution in [1.29, 1.82) is 0 Å². The van der Waals surface area contributed by atoms with Crippen LogP contribution in [0.25, 0.3) is 0 Å². The second-order valence-corrected chi connectivity index (χ2v) is 5.54. The Balaban J connectivity index is 1.92. The van der Waals surface area contributed by atoms with Crippen molar-refractivity contribution in [3.63, 3.8) is 0 Å². The van der Waals surface area contributed by atoms with Crippen LogP contribution in [0.2, 0.25) is 0 Å². The Morgan fingerprint density at radius 2 is 2.11 bits per heavy atom. The summed E-state index contributed by atoms with van der Waals surface area (Å²) in [6.45, 7) is 4.06. The van der Waals surface area contributed by atoms with Gasteiger partial charge in [0, 0.05) is 11.4 Å². The summed E-state index contributed by atoms with van der Waals surface area (Å²) in [4.78, 5) is 12.0. The fourth-order valence-corrected chi connectivity index (χ4v) is 2.30. The molecule has 0 fully saturated rings. The summed E-state index contributed by atoms with van der Waals surface area (Å²) in [6.07, 6.45) is 0.111. The fourth-order valence-electron chi connectivity index (χ4n) is 2.03. The van der Waals surface area contributed by atoms with Gasteiger partial charge in [-0.2, -0.15) is 0 Å². The number of hydrogen-bond donors (Lipinski definition) is 1. The normalized spacial score (nSPS) is 20.5. The molecular weight excluding hydrogens is 266 g/mol. The first-order chi connectivity index (χ1) is 9.06. The van der Waals surface area contributed by atoms with E-state index in [2.05, 4.69) is 5.32 Å². The van der Waals surface area contributed by atoms with E-state index in [9.17, 15) is 4.79 Å². The third-order valence-electron chi connectivity index (χ3n) is 2.87. The quantitative estimate of drug-likeness (QED) is 0.863. The molecule has 1 aliphatic heterocycles. The average Bonchev–Trinajstić information content (AvgIpc) is 2.37. The molecule has 0 spiro atoms. The van der Waals surface area contributed by atoms with Crippen molar-refractivity contribution < 1.29 is 14.3 Å². The molecule has 3 unspecified atom stereocenters. The summed E-state index contributed by atoms with van der Waals surface area (Å²) in [7, 11) is 0. The van der Waals surface area contributed by atoms with Gasteiger partial charge < -0.3 is 14.8 Å². The molecule has 0 radical (unpaired) electrons. The van der Waals surface area contributed by atoms with Gasteiger partial charge in [0.15, 0.2) is 11.5 Å². The van der Waals surface area contributed by atoms with Crippen LogP contribution >= 0.6 is 11.6 Å². The molecule has 1 aliphatic rings. The maximum absolute atomic E-state index is 12.0. The van der Waals surface area contributed by atoms with Crippen molar-refractivity contribution in [2.24, 2.45) is 0 Å². The van der Waals surface area contributed by atoms with Gasteiger partial charge in [0.25, 0.3) is 5.91 Å². The van der Waals surface area contributed by atoms with E-state index in [1.807, 2.05) is 32.0 Å². The van der Waals surface area contributed by atoms with Crippen LogP contribution in [-0.4, -0.2) is 30.0 Å². The number of para-hydroxylation sites is 2. The second-order valence-electron chi connectivity index (χ2n) is 4.79. The molecule has 3 atom stereocenters. The zero-order valence-electron chi connectivity index (χ0n) is 11.1. The van der Waals surface area contributed by atoms with Crippen molar-refractivity contribution >= 4 is 17.5 Å². The van der Waals surface area contributed by atoms with Crippen LogP contribution in [0.15, 0.2) is 24.3 Å². The van der Waals surface area contributed by atoms with Crippen LogP contribution in [0.4, 0.5) is 0 Å². The van der Waals surface area contributed by atoms with Gasteiger partial charge in [0.1, 0.15) is 6.61 Å². The molecule has 104 valence electrons. The molecular formula is C14H18ClNO3. The lowest BCUT2D eigenvalue weighted by Crippen LogP contribution is -2.47. The Kier molecular flexibility index (Phi) is 4.53. The van der Waals surface area contributed by atoms with Gasteiger partial charge >= 0.3 is 0 Å². The van der Waals surface area contributed by atoms with E-state index in [4.69, 9.17) is 21.1 Å². The Labute approximate surface area is 118 Å². The molecule has 19 heavy (non-hydrogen) atoms. The smallest absolute Gasteiger partial charge is 0.264 e. The van der Waals surface area contributed by atoms with Crippen molar-refractivity contribution in [2.45, 2.75) is 37.8 Å². The van der Waals surface area contributed by atoms with E-state index in [-0.39, 0.29) is 23.9 Å². The standard InChI is InChI=1S/C14H18ClNO3/c1-9(15)7-10(2)16-14(17)13-8-18-11-5-3-4-6-12(11)19-13/h3-6,9-10,13H,7-8H2,1-2H3,(H,16,17).